The molecule has 52 heavy (non-hydrogen) atoms. The highest BCUT2D eigenvalue weighted by molar-refractivity contribution is 6.10. The van der Waals surface area contributed by atoms with Crippen LogP contribution in [-0.2, 0) is 0 Å². The first-order chi connectivity index (χ1) is 25.8. The smallest absolute Gasteiger partial charge is 0.135 e. The molecule has 0 atom stereocenters. The summed E-state index contributed by atoms with van der Waals surface area (Å²) in [6.07, 6.45) is 0. The fraction of sp³-hybridized carbons (Fsp3) is 0. The first-order valence-electron chi connectivity index (χ1n) is 17.8. The standard InChI is InChI=1S/C50H33NO/c1-3-12-34(13-4-1)38-17-11-18-41(30-38)51(48-21-10-9-20-44(48)35-14-5-2-6-15-35)42-27-29-50-47(33-42)46-32-40(26-28-49(46)52-50)39-25-24-37-23-22-36-16-7-8-19-43(36)45(37)31-39/h1-33H. The number of para-hydroxylation sites is 1. The third kappa shape index (κ3) is 5.21. The van der Waals surface area contributed by atoms with Gasteiger partial charge >= 0.3 is 0 Å². The van der Waals surface area contributed by atoms with E-state index in [1.54, 1.807) is 0 Å². The van der Waals surface area contributed by atoms with E-state index in [2.05, 4.69) is 205 Å². The fourth-order valence-corrected chi connectivity index (χ4v) is 7.68. The van der Waals surface area contributed by atoms with E-state index in [1.165, 1.54) is 43.8 Å². The van der Waals surface area contributed by atoms with Crippen molar-refractivity contribution >= 4 is 60.5 Å². The Morgan fingerprint density at radius 3 is 1.69 bits per heavy atom. The molecule has 244 valence electrons. The van der Waals surface area contributed by atoms with Crippen molar-refractivity contribution < 1.29 is 4.42 Å². The molecule has 0 saturated carbocycles. The van der Waals surface area contributed by atoms with Crippen molar-refractivity contribution in [3.63, 3.8) is 0 Å². The molecule has 0 unspecified atom stereocenters. The van der Waals surface area contributed by atoms with Crippen LogP contribution >= 0.6 is 0 Å². The predicted octanol–water partition coefficient (Wildman–Crippen LogP) is 14.4. The Labute approximate surface area is 302 Å². The molecule has 0 aliphatic rings. The summed E-state index contributed by atoms with van der Waals surface area (Å²) in [5, 5.41) is 7.22. The van der Waals surface area contributed by atoms with E-state index < -0.39 is 0 Å². The Kier molecular flexibility index (Phi) is 7.18. The normalized spacial score (nSPS) is 11.5. The van der Waals surface area contributed by atoms with Gasteiger partial charge in [0.05, 0.1) is 5.69 Å². The molecule has 0 amide bonds. The number of nitrogens with zero attached hydrogens (tertiary/aromatic N) is 1. The van der Waals surface area contributed by atoms with Gasteiger partial charge in [0.1, 0.15) is 11.2 Å². The van der Waals surface area contributed by atoms with Crippen molar-refractivity contribution in [1.29, 1.82) is 0 Å². The Morgan fingerprint density at radius 1 is 0.308 bits per heavy atom. The van der Waals surface area contributed by atoms with Gasteiger partial charge in [0.25, 0.3) is 0 Å². The molecule has 0 aliphatic carbocycles. The minimum atomic E-state index is 0.870. The first-order valence-corrected chi connectivity index (χ1v) is 17.8. The van der Waals surface area contributed by atoms with Gasteiger partial charge in [-0.25, -0.2) is 0 Å². The van der Waals surface area contributed by atoms with Gasteiger partial charge in [0, 0.05) is 27.7 Å². The third-order valence-corrected chi connectivity index (χ3v) is 10.2. The van der Waals surface area contributed by atoms with Gasteiger partial charge in [-0.05, 0) is 104 Å². The van der Waals surface area contributed by atoms with Crippen molar-refractivity contribution in [3.8, 4) is 33.4 Å². The van der Waals surface area contributed by atoms with E-state index >= 15 is 0 Å². The molecule has 0 bridgehead atoms. The zero-order valence-electron chi connectivity index (χ0n) is 28.4. The molecule has 10 aromatic rings. The monoisotopic (exact) mass is 663 g/mol. The third-order valence-electron chi connectivity index (χ3n) is 10.2. The molecule has 10 rings (SSSR count). The second-order valence-electron chi connectivity index (χ2n) is 13.4. The summed E-state index contributed by atoms with van der Waals surface area (Å²) in [4.78, 5) is 2.38. The van der Waals surface area contributed by atoms with Crippen LogP contribution in [0.5, 0.6) is 0 Å². The number of hydrogen-bond acceptors (Lipinski definition) is 2. The maximum absolute atomic E-state index is 6.47. The summed E-state index contributed by atoms with van der Waals surface area (Å²) in [6.45, 7) is 0. The van der Waals surface area contributed by atoms with Crippen molar-refractivity contribution in [2.24, 2.45) is 0 Å². The number of furan rings is 1. The minimum absolute atomic E-state index is 0.870. The van der Waals surface area contributed by atoms with E-state index in [0.717, 1.165) is 50.1 Å². The molecule has 0 fully saturated rings. The molecule has 0 aliphatic heterocycles. The van der Waals surface area contributed by atoms with Crippen molar-refractivity contribution in [3.05, 3.63) is 200 Å². The quantitative estimate of drug-likeness (QED) is 0.165. The van der Waals surface area contributed by atoms with E-state index in [9.17, 15) is 0 Å². The zero-order chi connectivity index (χ0) is 34.4. The Hall–Kier alpha value is -6.90. The molecule has 2 nitrogen and oxygen atoms in total. The highest BCUT2D eigenvalue weighted by Gasteiger charge is 2.20. The molecule has 1 aromatic heterocycles. The molecular formula is C50H33NO. The number of benzene rings is 9. The van der Waals surface area contributed by atoms with Gasteiger partial charge in [-0.2, -0.15) is 0 Å². The van der Waals surface area contributed by atoms with Gasteiger partial charge in [-0.3, -0.25) is 0 Å². The number of anilines is 3. The average Bonchev–Trinajstić information content (AvgIpc) is 3.59. The topological polar surface area (TPSA) is 16.4 Å². The molecule has 0 saturated heterocycles. The van der Waals surface area contributed by atoms with Gasteiger partial charge in [0.2, 0.25) is 0 Å². The van der Waals surface area contributed by atoms with Crippen LogP contribution in [0.1, 0.15) is 0 Å². The second-order valence-corrected chi connectivity index (χ2v) is 13.4. The lowest BCUT2D eigenvalue weighted by molar-refractivity contribution is 0.669. The first kappa shape index (κ1) is 30.0. The summed E-state index contributed by atoms with van der Waals surface area (Å²) >= 11 is 0. The SMILES string of the molecule is c1ccc(-c2cccc(N(c3ccc4oc5ccc(-c6ccc7ccc8ccccc8c7c6)cc5c4c3)c3ccccc3-c3ccccc3)c2)cc1. The van der Waals surface area contributed by atoms with Crippen LogP contribution in [0.4, 0.5) is 17.1 Å². The van der Waals surface area contributed by atoms with E-state index in [0.29, 0.717) is 0 Å². The largest absolute Gasteiger partial charge is 0.456 e. The van der Waals surface area contributed by atoms with Crippen LogP contribution < -0.4 is 4.90 Å². The Balaban J connectivity index is 1.15. The van der Waals surface area contributed by atoms with Gasteiger partial charge < -0.3 is 9.32 Å². The van der Waals surface area contributed by atoms with Crippen molar-refractivity contribution in [2.45, 2.75) is 0 Å². The van der Waals surface area contributed by atoms with E-state index in [-0.39, 0.29) is 0 Å². The summed E-state index contributed by atoms with van der Waals surface area (Å²) < 4.78 is 6.47. The average molecular weight is 664 g/mol. The lowest BCUT2D eigenvalue weighted by atomic mass is 9.96. The van der Waals surface area contributed by atoms with Crippen LogP contribution in [0.15, 0.2) is 205 Å². The maximum atomic E-state index is 6.47. The Morgan fingerprint density at radius 2 is 0.865 bits per heavy atom. The molecular weight excluding hydrogens is 631 g/mol. The highest BCUT2D eigenvalue weighted by atomic mass is 16.3. The van der Waals surface area contributed by atoms with Gasteiger partial charge in [-0.15, -0.1) is 0 Å². The van der Waals surface area contributed by atoms with Crippen LogP contribution in [-0.4, -0.2) is 0 Å². The van der Waals surface area contributed by atoms with Gasteiger partial charge in [-0.1, -0.05) is 146 Å². The molecule has 2 heteroatoms. The van der Waals surface area contributed by atoms with Crippen LogP contribution in [0.2, 0.25) is 0 Å². The van der Waals surface area contributed by atoms with E-state index in [4.69, 9.17) is 4.42 Å². The predicted molar refractivity (Wildman–Crippen MR) is 220 cm³/mol. The summed E-state index contributed by atoms with van der Waals surface area (Å²) in [5.41, 5.74) is 12.0. The highest BCUT2D eigenvalue weighted by Crippen LogP contribution is 2.44. The van der Waals surface area contributed by atoms with E-state index in [1.807, 2.05) is 0 Å². The zero-order valence-corrected chi connectivity index (χ0v) is 28.4. The number of fused-ring (bicyclic) bond motifs is 6. The molecule has 9 aromatic carbocycles. The summed E-state index contributed by atoms with van der Waals surface area (Å²) in [6, 6.07) is 71.7. The molecule has 0 N–H and O–H groups in total. The molecule has 0 radical (unpaired) electrons. The lowest BCUT2D eigenvalue weighted by Gasteiger charge is -2.28. The number of rotatable bonds is 6. The van der Waals surface area contributed by atoms with Crippen LogP contribution in [0, 0.1) is 0 Å². The van der Waals surface area contributed by atoms with Crippen molar-refractivity contribution in [2.75, 3.05) is 4.90 Å². The van der Waals surface area contributed by atoms with Crippen LogP contribution in [0.25, 0.3) is 76.9 Å². The molecule has 0 spiro atoms. The second kappa shape index (κ2) is 12.5. The fourth-order valence-electron chi connectivity index (χ4n) is 7.68. The van der Waals surface area contributed by atoms with Crippen molar-refractivity contribution in [1.82, 2.24) is 0 Å². The Bertz CT molecular complexity index is 2910. The lowest BCUT2D eigenvalue weighted by Crippen LogP contribution is -2.11. The van der Waals surface area contributed by atoms with Crippen LogP contribution in [0.3, 0.4) is 0 Å². The molecule has 1 heterocycles. The van der Waals surface area contributed by atoms with Gasteiger partial charge in [0.15, 0.2) is 0 Å². The maximum Gasteiger partial charge on any atom is 0.135 e. The number of hydrogen-bond donors (Lipinski definition) is 0. The summed E-state index contributed by atoms with van der Waals surface area (Å²) in [7, 11) is 0. The summed E-state index contributed by atoms with van der Waals surface area (Å²) in [5.74, 6) is 0. The minimum Gasteiger partial charge on any atom is -0.456 e.